The van der Waals surface area contributed by atoms with Gasteiger partial charge in [-0.25, -0.2) is 0 Å². The number of hydrogen-bond acceptors (Lipinski definition) is 2. The Morgan fingerprint density at radius 3 is 2.33 bits per heavy atom. The summed E-state index contributed by atoms with van der Waals surface area (Å²) in [6, 6.07) is 11.5. The van der Waals surface area contributed by atoms with Crippen LogP contribution in [0.15, 0.2) is 36.4 Å². The third-order valence-electron chi connectivity index (χ3n) is 3.27. The maximum Gasteiger partial charge on any atom is 0.126 e. The standard InChI is InChI=1S/C17H19Cl2NO/c1-3-8-20-11-12-4-5-13(18)9-15(12)16-10-14(19)6-7-17(16)21-2/h4-7,9-10,20H,3,8,11H2,1-2H3. The van der Waals surface area contributed by atoms with Crippen molar-refractivity contribution in [2.24, 2.45) is 0 Å². The van der Waals surface area contributed by atoms with Crippen molar-refractivity contribution in [3.05, 3.63) is 52.0 Å². The molecule has 2 aromatic carbocycles. The molecule has 2 rings (SSSR count). The zero-order valence-corrected chi connectivity index (χ0v) is 13.8. The van der Waals surface area contributed by atoms with Crippen molar-refractivity contribution in [1.82, 2.24) is 5.32 Å². The van der Waals surface area contributed by atoms with Gasteiger partial charge in [0.15, 0.2) is 0 Å². The Hall–Kier alpha value is -1.22. The number of nitrogens with one attached hydrogen (secondary N) is 1. The normalized spacial score (nSPS) is 10.7. The molecule has 0 radical (unpaired) electrons. The fourth-order valence-corrected chi connectivity index (χ4v) is 2.59. The minimum absolute atomic E-state index is 0.679. The zero-order valence-electron chi connectivity index (χ0n) is 12.2. The van der Waals surface area contributed by atoms with Crippen LogP contribution < -0.4 is 10.1 Å². The molecular weight excluding hydrogens is 305 g/mol. The predicted octanol–water partition coefficient (Wildman–Crippen LogP) is 5.17. The quantitative estimate of drug-likeness (QED) is 0.740. The first kappa shape index (κ1) is 16.2. The summed E-state index contributed by atoms with van der Waals surface area (Å²) >= 11 is 12.3. The SMILES string of the molecule is CCCNCc1ccc(Cl)cc1-c1cc(Cl)ccc1OC. The van der Waals surface area contributed by atoms with Gasteiger partial charge in [-0.15, -0.1) is 0 Å². The Labute approximate surface area is 136 Å². The summed E-state index contributed by atoms with van der Waals surface area (Å²) < 4.78 is 5.45. The molecule has 0 saturated carbocycles. The monoisotopic (exact) mass is 323 g/mol. The van der Waals surface area contributed by atoms with E-state index in [2.05, 4.69) is 12.2 Å². The summed E-state index contributed by atoms with van der Waals surface area (Å²) in [7, 11) is 1.66. The van der Waals surface area contributed by atoms with Crippen molar-refractivity contribution in [2.45, 2.75) is 19.9 Å². The fourth-order valence-electron chi connectivity index (χ4n) is 2.24. The van der Waals surface area contributed by atoms with Crippen molar-refractivity contribution in [1.29, 1.82) is 0 Å². The van der Waals surface area contributed by atoms with Crippen LogP contribution in [0.1, 0.15) is 18.9 Å². The molecule has 0 unspecified atom stereocenters. The van der Waals surface area contributed by atoms with Crippen LogP contribution in [0, 0.1) is 0 Å². The van der Waals surface area contributed by atoms with Crippen LogP contribution in [0.2, 0.25) is 10.0 Å². The molecule has 2 nitrogen and oxygen atoms in total. The summed E-state index contributed by atoms with van der Waals surface area (Å²) in [6.07, 6.45) is 1.10. The van der Waals surface area contributed by atoms with E-state index in [0.29, 0.717) is 10.0 Å². The Bertz CT molecular complexity index is 614. The molecule has 0 aliphatic rings. The van der Waals surface area contributed by atoms with Gasteiger partial charge in [0.2, 0.25) is 0 Å². The molecule has 0 saturated heterocycles. The molecule has 4 heteroatoms. The largest absolute Gasteiger partial charge is 0.496 e. The topological polar surface area (TPSA) is 21.3 Å². The molecule has 0 heterocycles. The summed E-state index contributed by atoms with van der Waals surface area (Å²) in [4.78, 5) is 0. The van der Waals surface area contributed by atoms with Crippen LogP contribution in [0.4, 0.5) is 0 Å². The average molecular weight is 324 g/mol. The lowest BCUT2D eigenvalue weighted by atomic mass is 9.98. The zero-order chi connectivity index (χ0) is 15.2. The molecule has 21 heavy (non-hydrogen) atoms. The molecule has 0 aliphatic heterocycles. The summed E-state index contributed by atoms with van der Waals surface area (Å²) in [5.74, 6) is 0.790. The highest BCUT2D eigenvalue weighted by Gasteiger charge is 2.12. The number of ether oxygens (including phenoxy) is 1. The van der Waals surface area contributed by atoms with E-state index in [-0.39, 0.29) is 0 Å². The fraction of sp³-hybridized carbons (Fsp3) is 0.294. The highest BCUT2D eigenvalue weighted by Crippen LogP contribution is 2.36. The van der Waals surface area contributed by atoms with Crippen molar-refractivity contribution in [3.8, 4) is 16.9 Å². The van der Waals surface area contributed by atoms with Crippen LogP contribution in [0.5, 0.6) is 5.75 Å². The molecule has 0 aliphatic carbocycles. The maximum absolute atomic E-state index is 6.17. The Kier molecular flexibility index (Phi) is 5.92. The average Bonchev–Trinajstić information content (AvgIpc) is 2.49. The van der Waals surface area contributed by atoms with Gasteiger partial charge in [-0.1, -0.05) is 36.2 Å². The van der Waals surface area contributed by atoms with Crippen LogP contribution in [0.3, 0.4) is 0 Å². The van der Waals surface area contributed by atoms with E-state index >= 15 is 0 Å². The molecule has 0 aromatic heterocycles. The van der Waals surface area contributed by atoms with E-state index in [1.54, 1.807) is 7.11 Å². The molecule has 2 aromatic rings. The predicted molar refractivity (Wildman–Crippen MR) is 90.4 cm³/mol. The van der Waals surface area contributed by atoms with Gasteiger partial charge in [0.25, 0.3) is 0 Å². The van der Waals surface area contributed by atoms with Gasteiger partial charge in [0, 0.05) is 22.2 Å². The number of benzene rings is 2. The number of rotatable bonds is 6. The Morgan fingerprint density at radius 1 is 1.00 bits per heavy atom. The van der Waals surface area contributed by atoms with Gasteiger partial charge in [-0.3, -0.25) is 0 Å². The van der Waals surface area contributed by atoms with E-state index in [4.69, 9.17) is 27.9 Å². The van der Waals surface area contributed by atoms with E-state index in [9.17, 15) is 0 Å². The Morgan fingerprint density at radius 2 is 1.67 bits per heavy atom. The minimum Gasteiger partial charge on any atom is -0.496 e. The summed E-state index contributed by atoms with van der Waals surface area (Å²) in [5.41, 5.74) is 3.18. The maximum atomic E-state index is 6.17. The molecule has 0 fully saturated rings. The lowest BCUT2D eigenvalue weighted by Crippen LogP contribution is -2.14. The van der Waals surface area contributed by atoms with E-state index < -0.39 is 0 Å². The van der Waals surface area contributed by atoms with Gasteiger partial charge >= 0.3 is 0 Å². The van der Waals surface area contributed by atoms with Crippen LogP contribution in [-0.4, -0.2) is 13.7 Å². The van der Waals surface area contributed by atoms with Gasteiger partial charge in [-0.05, 0) is 54.4 Å². The van der Waals surface area contributed by atoms with Gasteiger partial charge in [0.1, 0.15) is 5.75 Å². The first-order valence-electron chi connectivity index (χ1n) is 6.98. The smallest absolute Gasteiger partial charge is 0.126 e. The Balaban J connectivity index is 2.46. The second-order valence-corrected chi connectivity index (χ2v) is 5.70. The molecular formula is C17H19Cl2NO. The van der Waals surface area contributed by atoms with Crippen molar-refractivity contribution in [3.63, 3.8) is 0 Å². The van der Waals surface area contributed by atoms with E-state index in [0.717, 1.165) is 36.4 Å². The van der Waals surface area contributed by atoms with Crippen molar-refractivity contribution >= 4 is 23.2 Å². The highest BCUT2D eigenvalue weighted by atomic mass is 35.5. The number of methoxy groups -OCH3 is 1. The van der Waals surface area contributed by atoms with Crippen LogP contribution in [0.25, 0.3) is 11.1 Å². The lowest BCUT2D eigenvalue weighted by Gasteiger charge is -2.14. The van der Waals surface area contributed by atoms with Crippen molar-refractivity contribution < 1.29 is 4.74 Å². The third-order valence-corrected chi connectivity index (χ3v) is 3.74. The van der Waals surface area contributed by atoms with Crippen LogP contribution >= 0.6 is 23.2 Å². The van der Waals surface area contributed by atoms with Crippen molar-refractivity contribution in [2.75, 3.05) is 13.7 Å². The molecule has 1 N–H and O–H groups in total. The van der Waals surface area contributed by atoms with E-state index in [1.165, 1.54) is 5.56 Å². The minimum atomic E-state index is 0.679. The molecule has 112 valence electrons. The molecule has 0 spiro atoms. The van der Waals surface area contributed by atoms with Crippen LogP contribution in [-0.2, 0) is 6.54 Å². The molecule has 0 amide bonds. The second kappa shape index (κ2) is 7.69. The van der Waals surface area contributed by atoms with Gasteiger partial charge in [0.05, 0.1) is 7.11 Å². The number of hydrogen-bond donors (Lipinski definition) is 1. The second-order valence-electron chi connectivity index (χ2n) is 4.82. The van der Waals surface area contributed by atoms with E-state index in [1.807, 2.05) is 36.4 Å². The molecule has 0 bridgehead atoms. The van der Waals surface area contributed by atoms with Gasteiger partial charge in [-0.2, -0.15) is 0 Å². The first-order chi connectivity index (χ1) is 10.2. The summed E-state index contributed by atoms with van der Waals surface area (Å²) in [6.45, 7) is 3.92. The first-order valence-corrected chi connectivity index (χ1v) is 7.74. The third kappa shape index (κ3) is 4.13. The lowest BCUT2D eigenvalue weighted by molar-refractivity contribution is 0.416. The summed E-state index contributed by atoms with van der Waals surface area (Å²) in [5, 5.41) is 4.80. The van der Waals surface area contributed by atoms with Gasteiger partial charge < -0.3 is 10.1 Å². The molecule has 0 atom stereocenters. The highest BCUT2D eigenvalue weighted by molar-refractivity contribution is 6.31. The number of halogens is 2.